The van der Waals surface area contributed by atoms with Crippen LogP contribution >= 0.6 is 11.6 Å². The van der Waals surface area contributed by atoms with E-state index in [-0.39, 0.29) is 11.7 Å². The molecule has 114 valence electrons. The van der Waals surface area contributed by atoms with Crippen molar-refractivity contribution in [2.75, 3.05) is 37.6 Å². The SMILES string of the molecule is CCNC(=O)N1CCN(c2ccc(Cl)cc2[N+](=O)[O-])CC1. The van der Waals surface area contributed by atoms with Gasteiger partial charge in [0, 0.05) is 43.8 Å². The first kappa shape index (κ1) is 15.4. The Bertz CT molecular complexity index is 544. The van der Waals surface area contributed by atoms with Crippen LogP contribution in [0.1, 0.15) is 6.92 Å². The number of hydrogen-bond donors (Lipinski definition) is 1. The van der Waals surface area contributed by atoms with Crippen LogP contribution in [0.15, 0.2) is 18.2 Å². The van der Waals surface area contributed by atoms with Gasteiger partial charge in [0.1, 0.15) is 5.69 Å². The number of rotatable bonds is 3. The molecule has 1 N–H and O–H groups in total. The first-order chi connectivity index (χ1) is 10.0. The standard InChI is InChI=1S/C13H17ClN4O3/c1-2-15-13(19)17-7-5-16(6-8-17)11-4-3-10(14)9-12(11)18(20)21/h3-4,9H,2,5-8H2,1H3,(H,15,19). The van der Waals surface area contributed by atoms with Crippen molar-refractivity contribution in [3.8, 4) is 0 Å². The minimum Gasteiger partial charge on any atom is -0.362 e. The van der Waals surface area contributed by atoms with Gasteiger partial charge in [-0.2, -0.15) is 0 Å². The Labute approximate surface area is 127 Å². The van der Waals surface area contributed by atoms with Crippen LogP contribution in [0.4, 0.5) is 16.2 Å². The number of nitrogens with one attached hydrogen (secondary N) is 1. The molecule has 0 atom stereocenters. The van der Waals surface area contributed by atoms with Gasteiger partial charge in [0.15, 0.2) is 0 Å². The number of benzene rings is 1. The Morgan fingerprint density at radius 1 is 1.38 bits per heavy atom. The summed E-state index contributed by atoms with van der Waals surface area (Å²) in [6.45, 7) is 4.63. The smallest absolute Gasteiger partial charge is 0.317 e. The number of amides is 2. The largest absolute Gasteiger partial charge is 0.362 e. The molecule has 0 aliphatic carbocycles. The van der Waals surface area contributed by atoms with Crippen LogP contribution in [0.5, 0.6) is 0 Å². The number of piperazine rings is 1. The fraction of sp³-hybridized carbons (Fsp3) is 0.462. The van der Waals surface area contributed by atoms with Gasteiger partial charge in [0.25, 0.3) is 5.69 Å². The van der Waals surface area contributed by atoms with Gasteiger partial charge in [-0.1, -0.05) is 11.6 Å². The summed E-state index contributed by atoms with van der Waals surface area (Å²) < 4.78 is 0. The highest BCUT2D eigenvalue weighted by Gasteiger charge is 2.25. The van der Waals surface area contributed by atoms with Crippen LogP contribution in [-0.2, 0) is 0 Å². The van der Waals surface area contributed by atoms with Crippen molar-refractivity contribution in [1.82, 2.24) is 10.2 Å². The summed E-state index contributed by atoms with van der Waals surface area (Å²) in [6.07, 6.45) is 0. The number of nitrogens with zero attached hydrogens (tertiary/aromatic N) is 3. The number of carbonyl (C=O) groups excluding carboxylic acids is 1. The van der Waals surface area contributed by atoms with E-state index >= 15 is 0 Å². The van der Waals surface area contributed by atoms with E-state index in [1.54, 1.807) is 17.0 Å². The molecule has 0 spiro atoms. The third kappa shape index (κ3) is 3.55. The molecule has 2 rings (SSSR count). The molecule has 1 heterocycles. The van der Waals surface area contributed by atoms with E-state index in [2.05, 4.69) is 5.32 Å². The summed E-state index contributed by atoms with van der Waals surface area (Å²) in [7, 11) is 0. The summed E-state index contributed by atoms with van der Waals surface area (Å²) in [5, 5.41) is 14.2. The van der Waals surface area contributed by atoms with Gasteiger partial charge in [-0.3, -0.25) is 10.1 Å². The molecule has 1 saturated heterocycles. The van der Waals surface area contributed by atoms with Crippen LogP contribution in [0, 0.1) is 10.1 Å². The molecule has 2 amide bonds. The third-order valence-electron chi connectivity index (χ3n) is 3.37. The van der Waals surface area contributed by atoms with Crippen LogP contribution in [0.25, 0.3) is 0 Å². The average molecular weight is 313 g/mol. The zero-order chi connectivity index (χ0) is 15.4. The lowest BCUT2D eigenvalue weighted by atomic mass is 10.2. The fourth-order valence-electron chi connectivity index (χ4n) is 2.32. The quantitative estimate of drug-likeness (QED) is 0.685. The predicted octanol–water partition coefficient (Wildman–Crippen LogP) is 2.10. The molecular weight excluding hydrogens is 296 g/mol. The van der Waals surface area contributed by atoms with Gasteiger partial charge in [0.05, 0.1) is 4.92 Å². The molecule has 1 aliphatic rings. The number of anilines is 1. The summed E-state index contributed by atoms with van der Waals surface area (Å²) in [6, 6.07) is 4.55. The second kappa shape index (κ2) is 6.62. The van der Waals surface area contributed by atoms with E-state index < -0.39 is 4.92 Å². The van der Waals surface area contributed by atoms with Gasteiger partial charge in [0.2, 0.25) is 0 Å². The second-order valence-corrected chi connectivity index (χ2v) is 5.14. The van der Waals surface area contributed by atoms with E-state index in [0.29, 0.717) is 43.4 Å². The first-order valence-corrected chi connectivity index (χ1v) is 7.12. The maximum atomic E-state index is 11.7. The molecule has 7 nitrogen and oxygen atoms in total. The minimum atomic E-state index is -0.433. The van der Waals surface area contributed by atoms with E-state index in [1.807, 2.05) is 11.8 Å². The number of halogens is 1. The van der Waals surface area contributed by atoms with E-state index in [0.717, 1.165) is 0 Å². The van der Waals surface area contributed by atoms with E-state index in [4.69, 9.17) is 11.6 Å². The topological polar surface area (TPSA) is 78.7 Å². The van der Waals surface area contributed by atoms with Crippen molar-refractivity contribution in [3.05, 3.63) is 33.3 Å². The number of nitro benzene ring substituents is 1. The van der Waals surface area contributed by atoms with Gasteiger partial charge in [-0.15, -0.1) is 0 Å². The van der Waals surface area contributed by atoms with E-state index in [9.17, 15) is 14.9 Å². The molecule has 21 heavy (non-hydrogen) atoms. The number of hydrogen-bond acceptors (Lipinski definition) is 4. The molecule has 0 aromatic heterocycles. The molecule has 0 unspecified atom stereocenters. The first-order valence-electron chi connectivity index (χ1n) is 6.74. The Morgan fingerprint density at radius 3 is 2.62 bits per heavy atom. The molecular formula is C13H17ClN4O3. The lowest BCUT2D eigenvalue weighted by Gasteiger charge is -2.35. The highest BCUT2D eigenvalue weighted by Crippen LogP contribution is 2.31. The maximum Gasteiger partial charge on any atom is 0.317 e. The normalized spacial score (nSPS) is 15.0. The monoisotopic (exact) mass is 312 g/mol. The number of carbonyl (C=O) groups is 1. The Kier molecular flexibility index (Phi) is 4.85. The van der Waals surface area contributed by atoms with Gasteiger partial charge in [-0.25, -0.2) is 4.79 Å². The van der Waals surface area contributed by atoms with Crippen molar-refractivity contribution in [3.63, 3.8) is 0 Å². The minimum absolute atomic E-state index is 0.00559. The van der Waals surface area contributed by atoms with Gasteiger partial charge >= 0.3 is 6.03 Å². The molecule has 1 aromatic rings. The summed E-state index contributed by atoms with van der Waals surface area (Å²) >= 11 is 5.82. The third-order valence-corrected chi connectivity index (χ3v) is 3.60. The zero-order valence-electron chi connectivity index (χ0n) is 11.7. The van der Waals surface area contributed by atoms with Crippen molar-refractivity contribution >= 4 is 29.0 Å². The average Bonchev–Trinajstić information content (AvgIpc) is 2.47. The van der Waals surface area contributed by atoms with Crippen LogP contribution in [0.2, 0.25) is 5.02 Å². The second-order valence-electron chi connectivity index (χ2n) is 4.70. The van der Waals surface area contributed by atoms with Gasteiger partial charge < -0.3 is 15.1 Å². The highest BCUT2D eigenvalue weighted by atomic mass is 35.5. The Hall–Kier alpha value is -2.02. The highest BCUT2D eigenvalue weighted by molar-refractivity contribution is 6.30. The van der Waals surface area contributed by atoms with Crippen molar-refractivity contribution in [2.45, 2.75) is 6.92 Å². The van der Waals surface area contributed by atoms with Crippen LogP contribution in [-0.4, -0.2) is 48.6 Å². The van der Waals surface area contributed by atoms with Crippen LogP contribution in [0.3, 0.4) is 0 Å². The summed E-state index contributed by atoms with van der Waals surface area (Å²) in [4.78, 5) is 26.0. The molecule has 0 saturated carbocycles. The lowest BCUT2D eigenvalue weighted by molar-refractivity contribution is -0.384. The molecule has 1 aromatic carbocycles. The number of nitro groups is 1. The molecule has 0 bridgehead atoms. The Balaban J connectivity index is 2.09. The van der Waals surface area contributed by atoms with Crippen molar-refractivity contribution in [2.24, 2.45) is 0 Å². The van der Waals surface area contributed by atoms with Crippen LogP contribution < -0.4 is 10.2 Å². The molecule has 0 radical (unpaired) electrons. The maximum absolute atomic E-state index is 11.7. The summed E-state index contributed by atoms with van der Waals surface area (Å²) in [5.41, 5.74) is 0.536. The predicted molar refractivity (Wildman–Crippen MR) is 81.0 cm³/mol. The van der Waals surface area contributed by atoms with E-state index in [1.165, 1.54) is 6.07 Å². The summed E-state index contributed by atoms with van der Waals surface area (Å²) in [5.74, 6) is 0. The van der Waals surface area contributed by atoms with Crippen molar-refractivity contribution in [1.29, 1.82) is 0 Å². The molecule has 1 aliphatic heterocycles. The zero-order valence-corrected chi connectivity index (χ0v) is 12.5. The van der Waals surface area contributed by atoms with Gasteiger partial charge in [-0.05, 0) is 19.1 Å². The molecule has 8 heteroatoms. The fourth-order valence-corrected chi connectivity index (χ4v) is 2.49. The lowest BCUT2D eigenvalue weighted by Crippen LogP contribution is -2.51. The molecule has 1 fully saturated rings. The van der Waals surface area contributed by atoms with Crippen molar-refractivity contribution < 1.29 is 9.72 Å². The number of urea groups is 1. The Morgan fingerprint density at radius 2 is 2.05 bits per heavy atom.